The van der Waals surface area contributed by atoms with Gasteiger partial charge in [-0.15, -0.1) is 11.3 Å². The molecule has 6 nitrogen and oxygen atoms in total. The SMILES string of the molecule is Cc1sc2nc(CN3CCCC3)nc(N3CCN(C(=O)c4ccccc4Cl)CC3)c2c1C. The normalized spacial score (nSPS) is 17.5. The van der Waals surface area contributed by atoms with E-state index < -0.39 is 0 Å². The molecule has 2 aromatic heterocycles. The number of aromatic nitrogens is 2. The third-order valence-electron chi connectivity index (χ3n) is 6.59. The van der Waals surface area contributed by atoms with E-state index in [1.54, 1.807) is 23.5 Å². The molecule has 0 radical (unpaired) electrons. The largest absolute Gasteiger partial charge is 0.352 e. The highest BCUT2D eigenvalue weighted by molar-refractivity contribution is 7.18. The molecular weight excluding hydrogens is 442 g/mol. The predicted molar refractivity (Wildman–Crippen MR) is 131 cm³/mol. The van der Waals surface area contributed by atoms with Gasteiger partial charge in [0.25, 0.3) is 5.91 Å². The Balaban J connectivity index is 1.39. The molecule has 4 heterocycles. The molecule has 0 saturated carbocycles. The number of halogens is 1. The second kappa shape index (κ2) is 8.96. The predicted octanol–water partition coefficient (Wildman–Crippen LogP) is 4.52. The zero-order valence-electron chi connectivity index (χ0n) is 18.6. The molecule has 0 atom stereocenters. The Morgan fingerprint density at radius 3 is 2.47 bits per heavy atom. The van der Waals surface area contributed by atoms with Crippen LogP contribution in [0.4, 0.5) is 5.82 Å². The number of rotatable bonds is 4. The number of nitrogens with zero attached hydrogens (tertiary/aromatic N) is 5. The van der Waals surface area contributed by atoms with Crippen molar-refractivity contribution in [1.29, 1.82) is 0 Å². The number of hydrogen-bond donors (Lipinski definition) is 0. The third-order valence-corrected chi connectivity index (χ3v) is 8.02. The molecule has 8 heteroatoms. The van der Waals surface area contributed by atoms with Crippen LogP contribution in [-0.4, -0.2) is 64.9 Å². The monoisotopic (exact) mass is 469 g/mol. The summed E-state index contributed by atoms with van der Waals surface area (Å²) in [5.41, 5.74) is 1.84. The zero-order chi connectivity index (χ0) is 22.2. The Kier molecular flexibility index (Phi) is 6.05. The number of likely N-dealkylation sites (tertiary alicyclic amines) is 1. The molecule has 32 heavy (non-hydrogen) atoms. The van der Waals surface area contributed by atoms with E-state index in [1.165, 1.54) is 28.7 Å². The molecule has 5 rings (SSSR count). The fraction of sp³-hybridized carbons (Fsp3) is 0.458. The maximum atomic E-state index is 13.0. The van der Waals surface area contributed by atoms with Gasteiger partial charge in [-0.25, -0.2) is 9.97 Å². The summed E-state index contributed by atoms with van der Waals surface area (Å²) in [7, 11) is 0. The highest BCUT2D eigenvalue weighted by Crippen LogP contribution is 2.35. The van der Waals surface area contributed by atoms with E-state index in [9.17, 15) is 4.79 Å². The van der Waals surface area contributed by atoms with Crippen molar-refractivity contribution in [3.63, 3.8) is 0 Å². The quantitative estimate of drug-likeness (QED) is 0.562. The van der Waals surface area contributed by atoms with E-state index in [0.29, 0.717) is 23.7 Å². The first-order valence-corrected chi connectivity index (χ1v) is 12.5. The maximum Gasteiger partial charge on any atom is 0.255 e. The van der Waals surface area contributed by atoms with Gasteiger partial charge in [0.1, 0.15) is 16.5 Å². The molecule has 2 aliphatic heterocycles. The lowest BCUT2D eigenvalue weighted by Gasteiger charge is -2.36. The van der Waals surface area contributed by atoms with Crippen molar-refractivity contribution in [2.45, 2.75) is 33.2 Å². The Morgan fingerprint density at radius 1 is 1.03 bits per heavy atom. The van der Waals surface area contributed by atoms with Gasteiger partial charge in [-0.2, -0.15) is 0 Å². The summed E-state index contributed by atoms with van der Waals surface area (Å²) in [6.45, 7) is 10.2. The van der Waals surface area contributed by atoms with Gasteiger partial charge in [-0.05, 0) is 57.5 Å². The van der Waals surface area contributed by atoms with E-state index in [0.717, 1.165) is 49.2 Å². The number of amides is 1. The highest BCUT2D eigenvalue weighted by atomic mass is 35.5. The Morgan fingerprint density at radius 2 is 1.75 bits per heavy atom. The van der Waals surface area contributed by atoms with Crippen molar-refractivity contribution in [1.82, 2.24) is 19.8 Å². The molecule has 0 aliphatic carbocycles. The molecule has 0 N–H and O–H groups in total. The molecule has 2 saturated heterocycles. The number of anilines is 1. The van der Waals surface area contributed by atoms with Crippen molar-refractivity contribution in [3.8, 4) is 0 Å². The minimum Gasteiger partial charge on any atom is -0.352 e. The van der Waals surface area contributed by atoms with Crippen molar-refractivity contribution in [3.05, 3.63) is 51.1 Å². The average Bonchev–Trinajstić information content (AvgIpc) is 3.41. The van der Waals surface area contributed by atoms with E-state index in [1.807, 2.05) is 17.0 Å². The van der Waals surface area contributed by atoms with Gasteiger partial charge in [0.15, 0.2) is 0 Å². The second-order valence-corrected chi connectivity index (χ2v) is 10.3. The minimum atomic E-state index is 0.000338. The van der Waals surface area contributed by atoms with Gasteiger partial charge in [0.2, 0.25) is 0 Å². The van der Waals surface area contributed by atoms with Crippen LogP contribution in [0.15, 0.2) is 24.3 Å². The van der Waals surface area contributed by atoms with Crippen molar-refractivity contribution >= 4 is 44.9 Å². The van der Waals surface area contributed by atoms with Crippen LogP contribution < -0.4 is 4.90 Å². The zero-order valence-corrected chi connectivity index (χ0v) is 20.2. The van der Waals surface area contributed by atoms with Crippen LogP contribution in [0, 0.1) is 13.8 Å². The van der Waals surface area contributed by atoms with E-state index in [-0.39, 0.29) is 5.91 Å². The third kappa shape index (κ3) is 4.09. The number of aryl methyl sites for hydroxylation is 2. The smallest absolute Gasteiger partial charge is 0.255 e. The van der Waals surface area contributed by atoms with Gasteiger partial charge >= 0.3 is 0 Å². The van der Waals surface area contributed by atoms with Crippen LogP contribution in [0.5, 0.6) is 0 Å². The number of piperazine rings is 1. The molecule has 0 spiro atoms. The van der Waals surface area contributed by atoms with E-state index in [4.69, 9.17) is 21.6 Å². The molecule has 168 valence electrons. The van der Waals surface area contributed by atoms with Gasteiger partial charge in [0.05, 0.1) is 22.5 Å². The molecule has 3 aromatic rings. The maximum absolute atomic E-state index is 13.0. The lowest BCUT2D eigenvalue weighted by Crippen LogP contribution is -2.49. The lowest BCUT2D eigenvalue weighted by molar-refractivity contribution is 0.0746. The summed E-state index contributed by atoms with van der Waals surface area (Å²) in [4.78, 5) is 32.0. The number of hydrogen-bond acceptors (Lipinski definition) is 6. The number of thiophene rings is 1. The molecule has 2 aliphatic rings. The standard InChI is InChI=1S/C24H28ClN5OS/c1-16-17(2)32-23-21(16)22(26-20(27-23)15-28-9-5-6-10-28)29-11-13-30(14-12-29)24(31)18-7-3-4-8-19(18)25/h3-4,7-8H,5-6,9-15H2,1-2H3. The van der Waals surface area contributed by atoms with E-state index in [2.05, 4.69) is 23.6 Å². The van der Waals surface area contributed by atoms with Gasteiger partial charge in [0, 0.05) is 31.1 Å². The summed E-state index contributed by atoms with van der Waals surface area (Å²) in [6.07, 6.45) is 2.52. The van der Waals surface area contributed by atoms with Crippen LogP contribution in [0.3, 0.4) is 0 Å². The molecule has 0 bridgehead atoms. The minimum absolute atomic E-state index is 0.000338. The summed E-state index contributed by atoms with van der Waals surface area (Å²) >= 11 is 8.02. The second-order valence-electron chi connectivity index (χ2n) is 8.67. The first-order chi connectivity index (χ1) is 15.5. The first kappa shape index (κ1) is 21.6. The Labute approximate surface area is 197 Å². The Hall–Kier alpha value is -2.22. The van der Waals surface area contributed by atoms with Gasteiger partial charge in [-0.3, -0.25) is 9.69 Å². The topological polar surface area (TPSA) is 52.6 Å². The average molecular weight is 470 g/mol. The number of benzene rings is 1. The lowest BCUT2D eigenvalue weighted by atomic mass is 10.1. The van der Waals surface area contributed by atoms with Crippen LogP contribution in [0.1, 0.15) is 39.5 Å². The van der Waals surface area contributed by atoms with Crippen LogP contribution >= 0.6 is 22.9 Å². The van der Waals surface area contributed by atoms with Crippen molar-refractivity contribution in [2.75, 3.05) is 44.2 Å². The van der Waals surface area contributed by atoms with Gasteiger partial charge < -0.3 is 9.80 Å². The van der Waals surface area contributed by atoms with E-state index >= 15 is 0 Å². The molecule has 2 fully saturated rings. The number of carbonyl (C=O) groups is 1. The fourth-order valence-corrected chi connectivity index (χ4v) is 5.90. The highest BCUT2D eigenvalue weighted by Gasteiger charge is 2.27. The molecular formula is C24H28ClN5OS. The summed E-state index contributed by atoms with van der Waals surface area (Å²) in [5.74, 6) is 1.93. The van der Waals surface area contributed by atoms with Crippen molar-refractivity contribution in [2.24, 2.45) is 0 Å². The fourth-order valence-electron chi connectivity index (χ4n) is 4.64. The summed E-state index contributed by atoms with van der Waals surface area (Å²) in [5, 5.41) is 1.68. The number of carbonyl (C=O) groups excluding carboxylic acids is 1. The van der Waals surface area contributed by atoms with Gasteiger partial charge in [-0.1, -0.05) is 23.7 Å². The first-order valence-electron chi connectivity index (χ1n) is 11.3. The van der Waals surface area contributed by atoms with Crippen molar-refractivity contribution < 1.29 is 4.79 Å². The molecule has 1 aromatic carbocycles. The van der Waals surface area contributed by atoms with Crippen LogP contribution in [0.25, 0.3) is 10.2 Å². The summed E-state index contributed by atoms with van der Waals surface area (Å²) in [6, 6.07) is 7.28. The summed E-state index contributed by atoms with van der Waals surface area (Å²) < 4.78 is 0. The molecule has 0 unspecified atom stereocenters. The van der Waals surface area contributed by atoms with Crippen LogP contribution in [0.2, 0.25) is 5.02 Å². The Bertz CT molecular complexity index is 1150. The van der Waals surface area contributed by atoms with Crippen LogP contribution in [-0.2, 0) is 6.54 Å². The number of fused-ring (bicyclic) bond motifs is 1. The molecule has 1 amide bonds.